The number of halogens is 1. The number of rotatable bonds is 0. The molecule has 7 heavy (non-hydrogen) atoms. The molecule has 0 aromatic rings. The van der Waals surface area contributed by atoms with Crippen molar-refractivity contribution in [2.24, 2.45) is 0 Å². The fraction of sp³-hybridized carbons (Fsp3) is 0.667. The van der Waals surface area contributed by atoms with Gasteiger partial charge in [-0.1, -0.05) is 0 Å². The first-order valence-corrected chi connectivity index (χ1v) is 1.83. The van der Waals surface area contributed by atoms with Crippen molar-refractivity contribution in [3.8, 4) is 0 Å². The van der Waals surface area contributed by atoms with Crippen LogP contribution in [0.5, 0.6) is 0 Å². The Bertz CT molecular complexity index is 45.4. The van der Waals surface area contributed by atoms with Crippen LogP contribution < -0.4 is 0 Å². The largest absolute Gasteiger partial charge is 0.457 e. The molecular formula is C3H7ClO3. The van der Waals surface area contributed by atoms with Crippen LogP contribution in [0.25, 0.3) is 0 Å². The number of carbonyl (C=O) groups excluding carboxylic acids is 1. The van der Waals surface area contributed by atoms with E-state index in [-0.39, 0.29) is 0 Å². The van der Waals surface area contributed by atoms with Crippen molar-refractivity contribution < 1.29 is 14.6 Å². The molecule has 0 aliphatic heterocycles. The molecule has 0 unspecified atom stereocenters. The van der Waals surface area contributed by atoms with Crippen LogP contribution in [-0.4, -0.2) is 24.8 Å². The Hall–Kier alpha value is -0.280. The maximum Gasteiger partial charge on any atom is 0.403 e. The van der Waals surface area contributed by atoms with E-state index < -0.39 is 5.43 Å². The zero-order valence-corrected chi connectivity index (χ0v) is 4.90. The van der Waals surface area contributed by atoms with Crippen LogP contribution in [0, 0.1) is 0 Å². The minimum absolute atomic E-state index is 0.773. The van der Waals surface area contributed by atoms with Gasteiger partial charge < -0.3 is 9.84 Å². The van der Waals surface area contributed by atoms with Crippen LogP contribution in [0.3, 0.4) is 0 Å². The second-order valence-electron chi connectivity index (χ2n) is 0.442. The lowest BCUT2D eigenvalue weighted by molar-refractivity contribution is 0.198. The summed E-state index contributed by atoms with van der Waals surface area (Å²) in [6.45, 7) is 0. The Morgan fingerprint density at radius 2 is 1.86 bits per heavy atom. The zero-order chi connectivity index (χ0) is 6.28. The number of carbonyl (C=O) groups is 1. The van der Waals surface area contributed by atoms with Gasteiger partial charge in [-0.15, -0.1) is 0 Å². The number of methoxy groups -OCH3 is 1. The summed E-state index contributed by atoms with van der Waals surface area (Å²) >= 11 is 4.60. The molecule has 4 heteroatoms. The Kier molecular flexibility index (Phi) is 13.0. The van der Waals surface area contributed by atoms with E-state index in [4.69, 9.17) is 5.11 Å². The second-order valence-corrected chi connectivity index (χ2v) is 0.750. The first-order chi connectivity index (χ1) is 3.27. The first-order valence-electron chi connectivity index (χ1n) is 1.45. The van der Waals surface area contributed by atoms with Gasteiger partial charge in [0.2, 0.25) is 0 Å². The summed E-state index contributed by atoms with van der Waals surface area (Å²) in [6, 6.07) is 0. The van der Waals surface area contributed by atoms with E-state index in [1.807, 2.05) is 0 Å². The van der Waals surface area contributed by atoms with Crippen LogP contribution in [0.1, 0.15) is 0 Å². The van der Waals surface area contributed by atoms with E-state index in [1.165, 1.54) is 7.11 Å². The molecule has 0 aromatic carbocycles. The summed E-state index contributed by atoms with van der Waals surface area (Å²) in [6.07, 6.45) is 0. The van der Waals surface area contributed by atoms with Crippen molar-refractivity contribution in [3.05, 3.63) is 0 Å². The molecule has 0 aliphatic carbocycles. The number of ether oxygens (including phenoxy) is 1. The highest BCUT2D eigenvalue weighted by atomic mass is 35.5. The van der Waals surface area contributed by atoms with Crippen LogP contribution >= 0.6 is 11.6 Å². The van der Waals surface area contributed by atoms with Gasteiger partial charge in [0.15, 0.2) is 0 Å². The van der Waals surface area contributed by atoms with Gasteiger partial charge in [0.25, 0.3) is 0 Å². The lowest BCUT2D eigenvalue weighted by Crippen LogP contribution is -1.80. The van der Waals surface area contributed by atoms with Crippen LogP contribution in [0.2, 0.25) is 0 Å². The molecule has 0 fully saturated rings. The van der Waals surface area contributed by atoms with Crippen molar-refractivity contribution in [1.29, 1.82) is 0 Å². The molecule has 0 aromatic heterocycles. The van der Waals surface area contributed by atoms with Gasteiger partial charge in [-0.3, -0.25) is 0 Å². The normalized spacial score (nSPS) is 5.71. The van der Waals surface area contributed by atoms with Gasteiger partial charge >= 0.3 is 5.43 Å². The quantitative estimate of drug-likeness (QED) is 0.484. The molecule has 0 radical (unpaired) electrons. The molecule has 0 spiro atoms. The maximum absolute atomic E-state index is 9.36. The topological polar surface area (TPSA) is 46.5 Å². The SMILES string of the molecule is CO.COC(=O)Cl. The molecule has 0 aliphatic rings. The van der Waals surface area contributed by atoms with E-state index in [9.17, 15) is 4.79 Å². The molecular weight excluding hydrogens is 119 g/mol. The fourth-order valence-electron chi connectivity index (χ4n) is 0. The van der Waals surface area contributed by atoms with E-state index in [0.29, 0.717) is 0 Å². The maximum atomic E-state index is 9.36. The standard InChI is InChI=1S/C2H3ClO2.CH4O/c1-5-2(3)4;1-2/h1H3;2H,1H3. The molecule has 0 atom stereocenters. The third kappa shape index (κ3) is 26.8. The molecule has 0 rings (SSSR count). The van der Waals surface area contributed by atoms with E-state index >= 15 is 0 Å². The van der Waals surface area contributed by atoms with Gasteiger partial charge in [0.05, 0.1) is 7.11 Å². The molecule has 0 bridgehead atoms. The first kappa shape index (κ1) is 9.87. The van der Waals surface area contributed by atoms with Crippen molar-refractivity contribution in [2.75, 3.05) is 14.2 Å². The lowest BCUT2D eigenvalue weighted by Gasteiger charge is -1.77. The highest BCUT2D eigenvalue weighted by Crippen LogP contribution is 1.78. The Morgan fingerprint density at radius 1 is 1.71 bits per heavy atom. The summed E-state index contributed by atoms with van der Waals surface area (Å²) < 4.78 is 3.88. The monoisotopic (exact) mass is 126 g/mol. The molecule has 1 N–H and O–H groups in total. The summed E-state index contributed by atoms with van der Waals surface area (Å²) in [5.41, 5.74) is -0.773. The van der Waals surface area contributed by atoms with Crippen LogP contribution in [0.15, 0.2) is 0 Å². The van der Waals surface area contributed by atoms with E-state index in [0.717, 1.165) is 7.11 Å². The average molecular weight is 127 g/mol. The molecule has 44 valence electrons. The minimum Gasteiger partial charge on any atom is -0.457 e. The number of aliphatic hydroxyl groups is 1. The number of hydrogen-bond donors (Lipinski definition) is 1. The Balaban J connectivity index is 0. The fourth-order valence-corrected chi connectivity index (χ4v) is 0. The van der Waals surface area contributed by atoms with Crippen LogP contribution in [0.4, 0.5) is 4.79 Å². The predicted molar refractivity (Wildman–Crippen MR) is 26.4 cm³/mol. The van der Waals surface area contributed by atoms with E-state index in [1.54, 1.807) is 0 Å². The molecule has 3 nitrogen and oxygen atoms in total. The Labute approximate surface area is 46.8 Å². The molecule has 0 amide bonds. The molecule has 0 saturated carbocycles. The summed E-state index contributed by atoms with van der Waals surface area (Å²) in [5.74, 6) is 0. The van der Waals surface area contributed by atoms with Gasteiger partial charge in [0, 0.05) is 18.7 Å². The number of hydrogen-bond acceptors (Lipinski definition) is 3. The third-order valence-electron chi connectivity index (χ3n) is 0.160. The lowest BCUT2D eigenvalue weighted by atomic mass is 11.5. The summed E-state index contributed by atoms with van der Waals surface area (Å²) in [7, 11) is 2.22. The average Bonchev–Trinajstić information content (AvgIpc) is 1.73. The molecule has 0 heterocycles. The third-order valence-corrected chi connectivity index (χ3v) is 0.315. The zero-order valence-electron chi connectivity index (χ0n) is 4.14. The van der Waals surface area contributed by atoms with E-state index in [2.05, 4.69) is 16.3 Å². The molecule has 0 saturated heterocycles. The van der Waals surface area contributed by atoms with Crippen molar-refractivity contribution in [3.63, 3.8) is 0 Å². The van der Waals surface area contributed by atoms with Gasteiger partial charge in [-0.2, -0.15) is 0 Å². The smallest absolute Gasteiger partial charge is 0.403 e. The van der Waals surface area contributed by atoms with Crippen molar-refractivity contribution in [1.82, 2.24) is 0 Å². The van der Waals surface area contributed by atoms with Gasteiger partial charge in [-0.25, -0.2) is 4.79 Å². The predicted octanol–water partition coefficient (Wildman–Crippen LogP) is 0.600. The van der Waals surface area contributed by atoms with Crippen LogP contribution in [-0.2, 0) is 4.74 Å². The van der Waals surface area contributed by atoms with Gasteiger partial charge in [-0.05, 0) is 0 Å². The van der Waals surface area contributed by atoms with Crippen molar-refractivity contribution >= 4 is 17.0 Å². The van der Waals surface area contributed by atoms with Crippen molar-refractivity contribution in [2.45, 2.75) is 0 Å². The second kappa shape index (κ2) is 9.21. The highest BCUT2D eigenvalue weighted by Gasteiger charge is 1.80. The highest BCUT2D eigenvalue weighted by molar-refractivity contribution is 6.61. The number of aliphatic hydroxyl groups excluding tert-OH is 1. The van der Waals surface area contributed by atoms with Gasteiger partial charge in [0.1, 0.15) is 0 Å². The summed E-state index contributed by atoms with van der Waals surface area (Å²) in [4.78, 5) is 9.36. The minimum atomic E-state index is -0.773. The summed E-state index contributed by atoms with van der Waals surface area (Å²) in [5, 5.41) is 7.00. The Morgan fingerprint density at radius 3 is 1.86 bits per heavy atom.